The van der Waals surface area contributed by atoms with Crippen molar-refractivity contribution in [2.24, 2.45) is 11.8 Å². The second kappa shape index (κ2) is 10.3. The molecule has 4 nitrogen and oxygen atoms in total. The standard InChI is InChI=1S/C23H26Cl2O4/c24-19-11-12-22(17-9-6-5-8-15(17)19)29-14-18-16(20(25)13-21(18)26)7-3-1-2-4-10-23(27)28/h1,3,5-6,8-9,11-12,16,18,20-21,26H,2,4,7,10,13-14H2,(H,27,28)/t16-,18-,20?,21-/m1/s1. The topological polar surface area (TPSA) is 66.8 Å². The van der Waals surface area contributed by atoms with Crippen LogP contribution in [0.2, 0.25) is 5.02 Å². The number of fused-ring (bicyclic) bond motifs is 1. The molecular formula is C23H26Cl2O4. The molecular weight excluding hydrogens is 411 g/mol. The van der Waals surface area contributed by atoms with Gasteiger partial charge in [0.05, 0.1) is 12.7 Å². The molecule has 0 bridgehead atoms. The molecule has 0 spiro atoms. The molecule has 1 aliphatic rings. The van der Waals surface area contributed by atoms with Gasteiger partial charge in [-0.3, -0.25) is 4.79 Å². The first-order valence-corrected chi connectivity index (χ1v) is 10.8. The summed E-state index contributed by atoms with van der Waals surface area (Å²) >= 11 is 12.8. The predicted molar refractivity (Wildman–Crippen MR) is 117 cm³/mol. The van der Waals surface area contributed by atoms with E-state index in [4.69, 9.17) is 33.0 Å². The van der Waals surface area contributed by atoms with Crippen molar-refractivity contribution in [1.29, 1.82) is 0 Å². The number of aliphatic carboxylic acids is 1. The zero-order valence-electron chi connectivity index (χ0n) is 16.1. The van der Waals surface area contributed by atoms with E-state index in [9.17, 15) is 9.90 Å². The van der Waals surface area contributed by atoms with Gasteiger partial charge in [-0.2, -0.15) is 0 Å². The molecule has 0 saturated heterocycles. The van der Waals surface area contributed by atoms with E-state index >= 15 is 0 Å². The molecule has 1 fully saturated rings. The number of aliphatic hydroxyl groups is 1. The van der Waals surface area contributed by atoms with Crippen LogP contribution >= 0.6 is 23.2 Å². The van der Waals surface area contributed by atoms with Crippen LogP contribution in [0, 0.1) is 11.8 Å². The number of aliphatic hydroxyl groups excluding tert-OH is 1. The highest BCUT2D eigenvalue weighted by Crippen LogP contribution is 2.40. The number of carboxylic acids is 1. The number of carbonyl (C=O) groups is 1. The van der Waals surface area contributed by atoms with Crippen LogP contribution in [0.15, 0.2) is 48.6 Å². The summed E-state index contributed by atoms with van der Waals surface area (Å²) in [6.45, 7) is 0.382. The van der Waals surface area contributed by atoms with Gasteiger partial charge in [0.15, 0.2) is 0 Å². The van der Waals surface area contributed by atoms with Crippen LogP contribution in [0.1, 0.15) is 32.1 Å². The normalized spacial score (nSPS) is 24.4. The molecule has 156 valence electrons. The van der Waals surface area contributed by atoms with Gasteiger partial charge in [0, 0.05) is 33.5 Å². The van der Waals surface area contributed by atoms with Gasteiger partial charge in [0.2, 0.25) is 0 Å². The van der Waals surface area contributed by atoms with Gasteiger partial charge < -0.3 is 14.9 Å². The smallest absolute Gasteiger partial charge is 0.303 e. The highest BCUT2D eigenvalue weighted by atomic mass is 35.5. The molecule has 1 unspecified atom stereocenters. The van der Waals surface area contributed by atoms with Gasteiger partial charge in [-0.05, 0) is 43.7 Å². The lowest BCUT2D eigenvalue weighted by atomic mass is 9.92. The number of alkyl halides is 1. The minimum atomic E-state index is -0.773. The summed E-state index contributed by atoms with van der Waals surface area (Å²) < 4.78 is 6.11. The molecule has 1 aliphatic carbocycles. The number of hydrogen-bond acceptors (Lipinski definition) is 3. The Morgan fingerprint density at radius 3 is 2.66 bits per heavy atom. The van der Waals surface area contributed by atoms with Crippen LogP contribution in [0.25, 0.3) is 10.8 Å². The Morgan fingerprint density at radius 2 is 1.90 bits per heavy atom. The summed E-state index contributed by atoms with van der Waals surface area (Å²) in [5, 5.41) is 21.6. The second-order valence-corrected chi connectivity index (χ2v) is 8.51. The van der Waals surface area contributed by atoms with E-state index in [0.717, 1.165) is 29.4 Å². The van der Waals surface area contributed by atoms with Gasteiger partial charge in [-0.25, -0.2) is 0 Å². The van der Waals surface area contributed by atoms with Crippen molar-refractivity contribution < 1.29 is 19.7 Å². The molecule has 29 heavy (non-hydrogen) atoms. The van der Waals surface area contributed by atoms with Gasteiger partial charge in [-0.15, -0.1) is 11.6 Å². The van der Waals surface area contributed by atoms with Crippen molar-refractivity contribution in [2.75, 3.05) is 6.61 Å². The summed E-state index contributed by atoms with van der Waals surface area (Å²) in [4.78, 5) is 10.6. The average molecular weight is 437 g/mol. The number of ether oxygens (including phenoxy) is 1. The monoisotopic (exact) mass is 436 g/mol. The number of allylic oxidation sites excluding steroid dienone is 2. The number of halogens is 2. The largest absolute Gasteiger partial charge is 0.493 e. The molecule has 0 aromatic heterocycles. The van der Waals surface area contributed by atoms with Crippen LogP contribution in [-0.4, -0.2) is 34.3 Å². The minimum Gasteiger partial charge on any atom is -0.493 e. The average Bonchev–Trinajstić information content (AvgIpc) is 2.96. The molecule has 6 heteroatoms. The van der Waals surface area contributed by atoms with Gasteiger partial charge in [0.1, 0.15) is 5.75 Å². The molecule has 2 aromatic carbocycles. The molecule has 3 rings (SSSR count). The lowest BCUT2D eigenvalue weighted by Crippen LogP contribution is -2.27. The Kier molecular flexibility index (Phi) is 7.82. The summed E-state index contributed by atoms with van der Waals surface area (Å²) in [6.07, 6.45) is 6.37. The molecule has 2 aromatic rings. The van der Waals surface area contributed by atoms with E-state index in [2.05, 4.69) is 0 Å². The van der Waals surface area contributed by atoms with Crippen LogP contribution in [0.4, 0.5) is 0 Å². The Hall–Kier alpha value is -1.75. The van der Waals surface area contributed by atoms with E-state index < -0.39 is 12.1 Å². The quantitative estimate of drug-likeness (QED) is 0.301. The summed E-state index contributed by atoms with van der Waals surface area (Å²) in [5.74, 6) is 0.0276. The van der Waals surface area contributed by atoms with Crippen LogP contribution in [0.5, 0.6) is 5.75 Å². The van der Waals surface area contributed by atoms with Gasteiger partial charge in [-0.1, -0.05) is 48.0 Å². The molecule has 0 amide bonds. The molecule has 2 N–H and O–H groups in total. The van der Waals surface area contributed by atoms with Crippen LogP contribution < -0.4 is 4.74 Å². The molecule has 0 aliphatic heterocycles. The van der Waals surface area contributed by atoms with E-state index in [1.165, 1.54) is 0 Å². The van der Waals surface area contributed by atoms with Crippen molar-refractivity contribution in [3.05, 3.63) is 53.6 Å². The lowest BCUT2D eigenvalue weighted by molar-refractivity contribution is -0.137. The first-order valence-electron chi connectivity index (χ1n) is 9.96. The highest BCUT2D eigenvalue weighted by molar-refractivity contribution is 6.35. The fourth-order valence-corrected chi connectivity index (χ4v) is 4.68. The third-order valence-electron chi connectivity index (χ3n) is 5.57. The number of carboxylic acid groups (broad SMARTS) is 1. The summed E-state index contributed by atoms with van der Waals surface area (Å²) in [5.41, 5.74) is 0. The van der Waals surface area contributed by atoms with Gasteiger partial charge in [0.25, 0.3) is 0 Å². The SMILES string of the molecule is O=C(O)CCCC=CC[C@H]1C(Cl)C[C@@H](O)[C@@H]1COc1ccc(Cl)c2ccccc12. The van der Waals surface area contributed by atoms with E-state index in [1.54, 1.807) is 0 Å². The molecule has 0 heterocycles. The number of unbranched alkanes of at least 4 members (excludes halogenated alkanes) is 1. The zero-order valence-corrected chi connectivity index (χ0v) is 17.6. The van der Waals surface area contributed by atoms with Crippen LogP contribution in [-0.2, 0) is 4.79 Å². The number of benzene rings is 2. The van der Waals surface area contributed by atoms with Gasteiger partial charge >= 0.3 is 5.97 Å². The third-order valence-corrected chi connectivity index (χ3v) is 6.41. The minimum absolute atomic E-state index is 0.0596. The van der Waals surface area contributed by atoms with E-state index in [0.29, 0.717) is 24.5 Å². The Morgan fingerprint density at radius 1 is 1.14 bits per heavy atom. The maximum Gasteiger partial charge on any atom is 0.303 e. The summed E-state index contributed by atoms with van der Waals surface area (Å²) in [7, 11) is 0. The molecule has 4 atom stereocenters. The second-order valence-electron chi connectivity index (χ2n) is 7.54. The predicted octanol–water partition coefficient (Wildman–Crippen LogP) is 5.68. The third kappa shape index (κ3) is 5.65. The maximum atomic E-state index is 10.6. The van der Waals surface area contributed by atoms with Crippen molar-refractivity contribution in [1.82, 2.24) is 0 Å². The summed E-state index contributed by atoms with van der Waals surface area (Å²) in [6, 6.07) is 11.5. The maximum absolute atomic E-state index is 10.6. The number of hydrogen-bond donors (Lipinski definition) is 2. The zero-order chi connectivity index (χ0) is 20.8. The van der Waals surface area contributed by atoms with Crippen molar-refractivity contribution in [3.8, 4) is 5.75 Å². The Balaban J connectivity index is 1.62. The van der Waals surface area contributed by atoms with Crippen molar-refractivity contribution in [3.63, 3.8) is 0 Å². The lowest BCUT2D eigenvalue weighted by Gasteiger charge is -2.23. The van der Waals surface area contributed by atoms with Crippen molar-refractivity contribution >= 4 is 39.9 Å². The first-order chi connectivity index (χ1) is 14.0. The molecule has 1 saturated carbocycles. The van der Waals surface area contributed by atoms with E-state index in [1.807, 2.05) is 48.6 Å². The van der Waals surface area contributed by atoms with Crippen LogP contribution in [0.3, 0.4) is 0 Å². The fourth-order valence-electron chi connectivity index (χ4n) is 3.98. The first kappa shape index (κ1) is 21.9. The Bertz CT molecular complexity index is 867. The van der Waals surface area contributed by atoms with Crippen molar-refractivity contribution in [2.45, 2.75) is 43.6 Å². The highest BCUT2D eigenvalue weighted by Gasteiger charge is 2.41. The number of rotatable bonds is 9. The Labute approximate surface area is 181 Å². The molecule has 0 radical (unpaired) electrons. The fraction of sp³-hybridized carbons (Fsp3) is 0.435. The van der Waals surface area contributed by atoms with E-state index in [-0.39, 0.29) is 23.6 Å².